The van der Waals surface area contributed by atoms with Crippen LogP contribution in [0.25, 0.3) is 0 Å². The lowest BCUT2D eigenvalue weighted by Gasteiger charge is -2.16. The van der Waals surface area contributed by atoms with Gasteiger partial charge in [0.1, 0.15) is 18.5 Å². The Morgan fingerprint density at radius 3 is 2.95 bits per heavy atom. The van der Waals surface area contributed by atoms with E-state index in [1.165, 1.54) is 5.56 Å². The second kappa shape index (κ2) is 8.58. The van der Waals surface area contributed by atoms with Crippen LogP contribution in [0, 0.1) is 12.3 Å². The molecule has 0 aliphatic heterocycles. The first kappa shape index (κ1) is 15.6. The van der Waals surface area contributed by atoms with Gasteiger partial charge in [-0.1, -0.05) is 19.1 Å². The second-order valence-corrected chi connectivity index (χ2v) is 4.68. The minimum atomic E-state index is -0.537. The molecule has 1 aromatic carbocycles. The maximum Gasteiger partial charge on any atom is 0.119 e. The Morgan fingerprint density at radius 1 is 1.47 bits per heavy atom. The van der Waals surface area contributed by atoms with E-state index in [0.29, 0.717) is 13.0 Å². The van der Waals surface area contributed by atoms with Gasteiger partial charge in [-0.25, -0.2) is 0 Å². The van der Waals surface area contributed by atoms with Crippen LogP contribution in [0.2, 0.25) is 0 Å². The van der Waals surface area contributed by atoms with Gasteiger partial charge in [-0.15, -0.1) is 12.3 Å². The average Bonchev–Trinajstić information content (AvgIpc) is 2.43. The molecule has 0 saturated carbocycles. The van der Waals surface area contributed by atoms with Gasteiger partial charge in [0.2, 0.25) is 0 Å². The number of benzene rings is 1. The minimum Gasteiger partial charge on any atom is -0.491 e. The average molecular weight is 261 g/mol. The number of hydrogen-bond acceptors (Lipinski definition) is 3. The van der Waals surface area contributed by atoms with Gasteiger partial charge >= 0.3 is 0 Å². The Kier molecular flexibility index (Phi) is 7.02. The number of nitrogens with one attached hydrogen (secondary N) is 1. The van der Waals surface area contributed by atoms with E-state index in [-0.39, 0.29) is 12.6 Å². The Balaban J connectivity index is 2.29. The molecule has 0 aliphatic carbocycles. The first-order chi connectivity index (χ1) is 9.15. The molecule has 0 aromatic heterocycles. The second-order valence-electron chi connectivity index (χ2n) is 4.68. The van der Waals surface area contributed by atoms with E-state index in [9.17, 15) is 5.11 Å². The van der Waals surface area contributed by atoms with Crippen molar-refractivity contribution in [2.45, 2.75) is 38.8 Å². The smallest absolute Gasteiger partial charge is 0.119 e. The van der Waals surface area contributed by atoms with Crippen molar-refractivity contribution in [3.8, 4) is 18.1 Å². The molecule has 0 amide bonds. The zero-order chi connectivity index (χ0) is 14.1. The van der Waals surface area contributed by atoms with Gasteiger partial charge in [0, 0.05) is 19.0 Å². The SMILES string of the molecule is C#CCC(C)NCC(O)COc1cccc(CC)c1. The van der Waals surface area contributed by atoms with Crippen LogP contribution in [0.5, 0.6) is 5.75 Å². The number of terminal acetylenes is 1. The number of hydrogen-bond donors (Lipinski definition) is 2. The van der Waals surface area contributed by atoms with Crippen LogP contribution < -0.4 is 10.1 Å². The lowest BCUT2D eigenvalue weighted by atomic mass is 10.2. The Hall–Kier alpha value is -1.50. The van der Waals surface area contributed by atoms with Gasteiger partial charge in [0.25, 0.3) is 0 Å². The number of aliphatic hydroxyl groups excluding tert-OH is 1. The fourth-order valence-electron chi connectivity index (χ4n) is 1.69. The van der Waals surface area contributed by atoms with Crippen LogP contribution in [0.1, 0.15) is 25.8 Å². The third-order valence-corrected chi connectivity index (χ3v) is 2.88. The van der Waals surface area contributed by atoms with Crippen LogP contribution in [0.15, 0.2) is 24.3 Å². The lowest BCUT2D eigenvalue weighted by molar-refractivity contribution is 0.104. The highest BCUT2D eigenvalue weighted by Gasteiger charge is 2.07. The van der Waals surface area contributed by atoms with E-state index < -0.39 is 6.10 Å². The Morgan fingerprint density at radius 2 is 2.26 bits per heavy atom. The molecule has 104 valence electrons. The molecule has 0 aliphatic rings. The van der Waals surface area contributed by atoms with Crippen LogP contribution in [0.3, 0.4) is 0 Å². The Labute approximate surface area is 116 Å². The third kappa shape index (κ3) is 6.28. The van der Waals surface area contributed by atoms with E-state index in [4.69, 9.17) is 11.2 Å². The zero-order valence-corrected chi connectivity index (χ0v) is 11.7. The molecular formula is C16H23NO2. The first-order valence-electron chi connectivity index (χ1n) is 6.72. The van der Waals surface area contributed by atoms with E-state index in [2.05, 4.69) is 24.2 Å². The molecule has 1 rings (SSSR count). The van der Waals surface area contributed by atoms with E-state index in [1.807, 2.05) is 25.1 Å². The van der Waals surface area contributed by atoms with Crippen LogP contribution in [-0.4, -0.2) is 30.4 Å². The van der Waals surface area contributed by atoms with Gasteiger partial charge in [-0.05, 0) is 31.0 Å². The molecule has 0 spiro atoms. The molecule has 19 heavy (non-hydrogen) atoms. The summed E-state index contributed by atoms with van der Waals surface area (Å²) >= 11 is 0. The monoisotopic (exact) mass is 261 g/mol. The summed E-state index contributed by atoms with van der Waals surface area (Å²) < 4.78 is 5.57. The van der Waals surface area contributed by atoms with Crippen molar-refractivity contribution in [3.63, 3.8) is 0 Å². The van der Waals surface area contributed by atoms with Crippen molar-refractivity contribution in [1.82, 2.24) is 5.32 Å². The summed E-state index contributed by atoms with van der Waals surface area (Å²) in [6.07, 6.45) is 6.32. The summed E-state index contributed by atoms with van der Waals surface area (Å²) in [6.45, 7) is 4.86. The fourth-order valence-corrected chi connectivity index (χ4v) is 1.69. The summed E-state index contributed by atoms with van der Waals surface area (Å²) in [5.74, 6) is 3.39. The number of aryl methyl sites for hydroxylation is 1. The first-order valence-corrected chi connectivity index (χ1v) is 6.72. The molecule has 3 nitrogen and oxygen atoms in total. The molecule has 2 N–H and O–H groups in total. The maximum atomic E-state index is 9.81. The number of aliphatic hydroxyl groups is 1. The minimum absolute atomic E-state index is 0.211. The highest BCUT2D eigenvalue weighted by molar-refractivity contribution is 5.28. The lowest BCUT2D eigenvalue weighted by Crippen LogP contribution is -2.36. The third-order valence-electron chi connectivity index (χ3n) is 2.88. The standard InChI is InChI=1S/C16H23NO2/c1-4-7-13(3)17-11-15(18)12-19-16-9-6-8-14(5-2)10-16/h1,6,8-10,13,15,17-18H,5,7,11-12H2,2-3H3. The van der Waals surface area contributed by atoms with Gasteiger partial charge in [-0.2, -0.15) is 0 Å². The summed E-state index contributed by atoms with van der Waals surface area (Å²) in [6, 6.07) is 8.14. The molecule has 0 radical (unpaired) electrons. The molecule has 2 atom stereocenters. The summed E-state index contributed by atoms with van der Waals surface area (Å²) in [7, 11) is 0. The molecule has 0 bridgehead atoms. The summed E-state index contributed by atoms with van der Waals surface area (Å²) in [4.78, 5) is 0. The molecule has 1 aromatic rings. The van der Waals surface area contributed by atoms with Crippen molar-refractivity contribution in [3.05, 3.63) is 29.8 Å². The van der Waals surface area contributed by atoms with Crippen LogP contribution in [0.4, 0.5) is 0 Å². The normalized spacial score (nSPS) is 13.6. The van der Waals surface area contributed by atoms with Crippen molar-refractivity contribution in [2.75, 3.05) is 13.2 Å². The fraction of sp³-hybridized carbons (Fsp3) is 0.500. The summed E-state index contributed by atoms with van der Waals surface area (Å²) in [5.41, 5.74) is 1.23. The van der Waals surface area contributed by atoms with Gasteiger partial charge < -0.3 is 15.2 Å². The van der Waals surface area contributed by atoms with Gasteiger partial charge in [-0.3, -0.25) is 0 Å². The predicted octanol–water partition coefficient (Wildman–Crippen LogP) is 1.99. The predicted molar refractivity (Wildman–Crippen MR) is 78.2 cm³/mol. The van der Waals surface area contributed by atoms with E-state index >= 15 is 0 Å². The Bertz CT molecular complexity index is 411. The highest BCUT2D eigenvalue weighted by atomic mass is 16.5. The number of ether oxygens (including phenoxy) is 1. The largest absolute Gasteiger partial charge is 0.491 e. The van der Waals surface area contributed by atoms with Crippen LogP contribution >= 0.6 is 0 Å². The number of rotatable bonds is 8. The quantitative estimate of drug-likeness (QED) is 0.703. The van der Waals surface area contributed by atoms with Crippen molar-refractivity contribution < 1.29 is 9.84 Å². The van der Waals surface area contributed by atoms with Gasteiger partial charge in [0.05, 0.1) is 0 Å². The van der Waals surface area contributed by atoms with Gasteiger partial charge in [0.15, 0.2) is 0 Å². The molecule has 2 unspecified atom stereocenters. The summed E-state index contributed by atoms with van der Waals surface area (Å²) in [5, 5.41) is 13.0. The molecular weight excluding hydrogens is 238 g/mol. The zero-order valence-electron chi connectivity index (χ0n) is 11.7. The maximum absolute atomic E-state index is 9.81. The molecule has 0 saturated heterocycles. The van der Waals surface area contributed by atoms with Crippen molar-refractivity contribution in [2.24, 2.45) is 0 Å². The van der Waals surface area contributed by atoms with Crippen molar-refractivity contribution >= 4 is 0 Å². The topological polar surface area (TPSA) is 41.5 Å². The molecule has 0 fully saturated rings. The van der Waals surface area contributed by atoms with E-state index in [0.717, 1.165) is 12.2 Å². The molecule has 3 heteroatoms. The molecule has 0 heterocycles. The van der Waals surface area contributed by atoms with Crippen LogP contribution in [-0.2, 0) is 6.42 Å². The highest BCUT2D eigenvalue weighted by Crippen LogP contribution is 2.13. The van der Waals surface area contributed by atoms with Crippen molar-refractivity contribution in [1.29, 1.82) is 0 Å². The van der Waals surface area contributed by atoms with E-state index in [1.54, 1.807) is 0 Å².